The highest BCUT2D eigenvalue weighted by atomic mass is 79.9. The van der Waals surface area contributed by atoms with Crippen LogP contribution >= 0.6 is 15.9 Å². The molecule has 0 amide bonds. The second-order valence-corrected chi connectivity index (χ2v) is 6.41. The molecule has 1 rings (SSSR count). The van der Waals surface area contributed by atoms with Gasteiger partial charge >= 0.3 is 0 Å². The van der Waals surface area contributed by atoms with E-state index in [0.717, 1.165) is 31.5 Å². The lowest BCUT2D eigenvalue weighted by Gasteiger charge is -2.45. The number of hydrazine groups is 1. The zero-order valence-corrected chi connectivity index (χ0v) is 15.0. The van der Waals surface area contributed by atoms with Gasteiger partial charge in [0.25, 0.3) is 0 Å². The summed E-state index contributed by atoms with van der Waals surface area (Å²) >= 11 is 3.24. The number of nitrogens with zero attached hydrogens (tertiary/aromatic N) is 1. The third kappa shape index (κ3) is 4.25. The number of likely N-dealkylation sites (N-methyl/N-ethyl adjacent to an activating group) is 1. The van der Waals surface area contributed by atoms with Gasteiger partial charge < -0.3 is 0 Å². The van der Waals surface area contributed by atoms with Gasteiger partial charge in [0, 0.05) is 11.6 Å². The molecule has 0 aromatic heterocycles. The standard InChI is InChI=1S/C16H27BrFN3/c1-5-16(4,21(6-2)7-3)15(20-19)11-12-8-9-14(18)13(17)10-12/h8-10,15,20H,5-7,11,19H2,1-4H3. The highest BCUT2D eigenvalue weighted by Gasteiger charge is 2.36. The van der Waals surface area contributed by atoms with Gasteiger partial charge in [0.05, 0.1) is 4.47 Å². The molecule has 0 aliphatic heterocycles. The summed E-state index contributed by atoms with van der Waals surface area (Å²) in [5.41, 5.74) is 4.00. The molecule has 3 N–H and O–H groups in total. The first kappa shape index (κ1) is 18.6. The second-order valence-electron chi connectivity index (χ2n) is 5.55. The molecule has 2 atom stereocenters. The van der Waals surface area contributed by atoms with Crippen molar-refractivity contribution in [1.82, 2.24) is 10.3 Å². The van der Waals surface area contributed by atoms with Crippen molar-refractivity contribution in [1.29, 1.82) is 0 Å². The van der Waals surface area contributed by atoms with Crippen LogP contribution in [0, 0.1) is 5.82 Å². The van der Waals surface area contributed by atoms with E-state index in [-0.39, 0.29) is 17.4 Å². The van der Waals surface area contributed by atoms with E-state index in [1.165, 1.54) is 6.07 Å². The summed E-state index contributed by atoms with van der Waals surface area (Å²) < 4.78 is 13.9. The molecule has 0 bridgehead atoms. The zero-order chi connectivity index (χ0) is 16.0. The minimum Gasteiger partial charge on any atom is -0.297 e. The largest absolute Gasteiger partial charge is 0.297 e. The molecule has 0 saturated carbocycles. The van der Waals surface area contributed by atoms with Gasteiger partial charge in [-0.3, -0.25) is 16.2 Å². The maximum Gasteiger partial charge on any atom is 0.137 e. The number of nitrogens with two attached hydrogens (primary N) is 1. The minimum atomic E-state index is -0.238. The maximum absolute atomic E-state index is 13.4. The predicted octanol–water partition coefficient (Wildman–Crippen LogP) is 3.47. The van der Waals surface area contributed by atoms with E-state index in [9.17, 15) is 4.39 Å². The lowest BCUT2D eigenvalue weighted by atomic mass is 9.83. The lowest BCUT2D eigenvalue weighted by Crippen LogP contribution is -2.61. The molecular weight excluding hydrogens is 333 g/mol. The Labute approximate surface area is 136 Å². The molecular formula is C16H27BrFN3. The molecule has 0 saturated heterocycles. The van der Waals surface area contributed by atoms with Crippen molar-refractivity contribution in [3.63, 3.8) is 0 Å². The fraction of sp³-hybridized carbons (Fsp3) is 0.625. The van der Waals surface area contributed by atoms with E-state index in [1.807, 2.05) is 12.1 Å². The molecule has 0 aliphatic carbocycles. The van der Waals surface area contributed by atoms with Crippen LogP contribution in [0.4, 0.5) is 4.39 Å². The van der Waals surface area contributed by atoms with Crippen LogP contribution in [0.25, 0.3) is 0 Å². The maximum atomic E-state index is 13.4. The van der Waals surface area contributed by atoms with Crippen LogP contribution in [0.15, 0.2) is 22.7 Å². The van der Waals surface area contributed by atoms with E-state index in [2.05, 4.69) is 54.0 Å². The second kappa shape index (κ2) is 8.22. The van der Waals surface area contributed by atoms with Gasteiger partial charge in [0.2, 0.25) is 0 Å². The molecule has 0 radical (unpaired) electrons. The van der Waals surface area contributed by atoms with Crippen molar-refractivity contribution in [3.05, 3.63) is 34.1 Å². The number of halogens is 2. The van der Waals surface area contributed by atoms with Crippen molar-refractivity contribution in [3.8, 4) is 0 Å². The van der Waals surface area contributed by atoms with Crippen LogP contribution in [-0.2, 0) is 6.42 Å². The van der Waals surface area contributed by atoms with Crippen LogP contribution in [0.3, 0.4) is 0 Å². The Hall–Kier alpha value is -0.490. The highest BCUT2D eigenvalue weighted by Crippen LogP contribution is 2.27. The third-order valence-electron chi connectivity index (χ3n) is 4.58. The fourth-order valence-electron chi connectivity index (χ4n) is 3.00. The SMILES string of the molecule is CCN(CC)C(C)(CC)C(Cc1ccc(F)c(Br)c1)NN. The summed E-state index contributed by atoms with van der Waals surface area (Å²) in [5.74, 6) is 5.60. The first-order valence-corrected chi connectivity index (χ1v) is 8.37. The molecule has 120 valence electrons. The van der Waals surface area contributed by atoms with Crippen LogP contribution in [0.2, 0.25) is 0 Å². The Morgan fingerprint density at radius 3 is 2.38 bits per heavy atom. The summed E-state index contributed by atoms with van der Waals surface area (Å²) in [6, 6.07) is 5.24. The summed E-state index contributed by atoms with van der Waals surface area (Å²) in [4.78, 5) is 2.43. The van der Waals surface area contributed by atoms with E-state index < -0.39 is 0 Å². The van der Waals surface area contributed by atoms with Crippen LogP contribution in [0.5, 0.6) is 0 Å². The number of benzene rings is 1. The Balaban J connectivity index is 3.01. The van der Waals surface area contributed by atoms with Crippen molar-refractivity contribution in [2.24, 2.45) is 5.84 Å². The monoisotopic (exact) mass is 359 g/mol. The molecule has 2 unspecified atom stereocenters. The van der Waals surface area contributed by atoms with Gasteiger partial charge in [-0.2, -0.15) is 0 Å². The third-order valence-corrected chi connectivity index (χ3v) is 5.19. The van der Waals surface area contributed by atoms with E-state index in [0.29, 0.717) is 4.47 Å². The number of hydrogen-bond donors (Lipinski definition) is 2. The van der Waals surface area contributed by atoms with Gasteiger partial charge in [0.15, 0.2) is 0 Å². The van der Waals surface area contributed by atoms with Crippen LogP contribution in [-0.4, -0.2) is 29.6 Å². The topological polar surface area (TPSA) is 41.3 Å². The molecule has 0 heterocycles. The number of hydrogen-bond acceptors (Lipinski definition) is 3. The molecule has 1 aromatic carbocycles. The molecule has 1 aromatic rings. The van der Waals surface area contributed by atoms with Crippen molar-refractivity contribution >= 4 is 15.9 Å². The molecule has 3 nitrogen and oxygen atoms in total. The zero-order valence-electron chi connectivity index (χ0n) is 13.4. The highest BCUT2D eigenvalue weighted by molar-refractivity contribution is 9.10. The fourth-order valence-corrected chi connectivity index (χ4v) is 3.42. The summed E-state index contributed by atoms with van der Waals surface area (Å²) in [6.07, 6.45) is 1.75. The molecule has 0 spiro atoms. The first-order chi connectivity index (χ1) is 9.92. The van der Waals surface area contributed by atoms with Crippen molar-refractivity contribution < 1.29 is 4.39 Å². The molecule has 0 aliphatic rings. The van der Waals surface area contributed by atoms with Gasteiger partial charge in [-0.05, 0) is 66.5 Å². The average Bonchev–Trinajstić information content (AvgIpc) is 2.49. The van der Waals surface area contributed by atoms with E-state index >= 15 is 0 Å². The van der Waals surface area contributed by atoms with Crippen LogP contribution in [0.1, 0.15) is 39.7 Å². The predicted molar refractivity (Wildman–Crippen MR) is 90.5 cm³/mol. The molecule has 5 heteroatoms. The molecule has 21 heavy (non-hydrogen) atoms. The van der Waals surface area contributed by atoms with Gasteiger partial charge in [-0.15, -0.1) is 0 Å². The normalized spacial score (nSPS) is 16.0. The summed E-state index contributed by atoms with van der Waals surface area (Å²) in [6.45, 7) is 10.7. The number of nitrogens with one attached hydrogen (secondary N) is 1. The summed E-state index contributed by atoms with van der Waals surface area (Å²) in [5, 5.41) is 0. The van der Waals surface area contributed by atoms with E-state index in [4.69, 9.17) is 5.84 Å². The van der Waals surface area contributed by atoms with Gasteiger partial charge in [-0.25, -0.2) is 4.39 Å². The van der Waals surface area contributed by atoms with Crippen LogP contribution < -0.4 is 11.3 Å². The van der Waals surface area contributed by atoms with Crippen molar-refractivity contribution in [2.45, 2.75) is 52.1 Å². The Bertz CT molecular complexity index is 451. The smallest absolute Gasteiger partial charge is 0.137 e. The Morgan fingerprint density at radius 2 is 1.95 bits per heavy atom. The minimum absolute atomic E-state index is 0.0425. The summed E-state index contributed by atoms with van der Waals surface area (Å²) in [7, 11) is 0. The Kier molecular flexibility index (Phi) is 7.27. The van der Waals surface area contributed by atoms with Gasteiger partial charge in [-0.1, -0.05) is 26.8 Å². The average molecular weight is 360 g/mol. The van der Waals surface area contributed by atoms with Gasteiger partial charge in [0.1, 0.15) is 5.82 Å². The molecule has 0 fully saturated rings. The first-order valence-electron chi connectivity index (χ1n) is 7.57. The van der Waals surface area contributed by atoms with E-state index in [1.54, 1.807) is 0 Å². The lowest BCUT2D eigenvalue weighted by molar-refractivity contribution is 0.0701. The van der Waals surface area contributed by atoms with Crippen molar-refractivity contribution in [2.75, 3.05) is 13.1 Å². The number of rotatable bonds is 8. The quantitative estimate of drug-likeness (QED) is 0.551. The Morgan fingerprint density at radius 1 is 1.33 bits per heavy atom.